The monoisotopic (exact) mass is 829 g/mol. The third-order valence-electron chi connectivity index (χ3n) is 10.9. The average molecular weight is 830 g/mol. The molecule has 0 atom stereocenters. The van der Waals surface area contributed by atoms with Crippen LogP contribution in [-0.4, -0.2) is 24.1 Å². The summed E-state index contributed by atoms with van der Waals surface area (Å²) < 4.78 is 219. The van der Waals surface area contributed by atoms with E-state index in [9.17, 15) is 9.60 Å². The second kappa shape index (κ2) is 14.9. The smallest absolute Gasteiger partial charge is 0.240 e. The molecule has 0 bridgehead atoms. The number of hydrogen-bond donors (Lipinski definition) is 0. The van der Waals surface area contributed by atoms with Crippen molar-refractivity contribution in [1.29, 1.82) is 0 Å². The Morgan fingerprint density at radius 2 is 0.762 bits per heavy atom. The molecule has 5 nitrogen and oxygen atoms in total. The summed E-state index contributed by atoms with van der Waals surface area (Å²) in [5, 5.41) is -1.65. The standard InChI is InChI=1S/C58H39N5/c1-4-20-40(21-5-1)41-22-18-28-45(38-41)58(43-24-6-2-7-25-43,44-26-8-3-9-27-44)46-29-19-23-42(39-46)55-59-56(62-51-34-14-10-30-47(51)48-31-11-15-35-52(48)62)61-57(60-55)63-53-36-16-12-32-49(53)50-33-13-17-37-54(50)63/h1-39H/i1D,4D,5D,10D,11D,12D,13D,14D,15D,16D,17D,19D,20D,21D,23D,29D,30D,31D,32D,33D,34D,35D,36D,37D. The zero-order chi connectivity index (χ0) is 62.6. The Morgan fingerprint density at radius 1 is 0.333 bits per heavy atom. The summed E-state index contributed by atoms with van der Waals surface area (Å²) in [6, 6.07) is 7.58. The zero-order valence-electron chi connectivity index (χ0n) is 56.4. The van der Waals surface area contributed by atoms with Crippen molar-refractivity contribution < 1.29 is 32.9 Å². The van der Waals surface area contributed by atoms with Crippen LogP contribution in [0.1, 0.15) is 55.2 Å². The molecule has 9 aromatic carbocycles. The first-order valence-electron chi connectivity index (χ1n) is 31.4. The van der Waals surface area contributed by atoms with Crippen molar-refractivity contribution in [2.24, 2.45) is 0 Å². The second-order valence-corrected chi connectivity index (χ2v) is 14.2. The van der Waals surface area contributed by atoms with Crippen LogP contribution in [0.5, 0.6) is 0 Å². The Hall–Kier alpha value is -8.41. The van der Waals surface area contributed by atoms with Crippen LogP contribution in [0.2, 0.25) is 0 Å². The van der Waals surface area contributed by atoms with E-state index >= 15 is 0 Å². The maximum Gasteiger partial charge on any atom is 0.240 e. The van der Waals surface area contributed by atoms with Crippen molar-refractivity contribution in [3.8, 4) is 34.4 Å². The van der Waals surface area contributed by atoms with Gasteiger partial charge in [-0.15, -0.1) is 0 Å². The molecule has 3 aromatic heterocycles. The average Bonchev–Trinajstić information content (AvgIpc) is 1.66. The van der Waals surface area contributed by atoms with Gasteiger partial charge in [-0.05, 0) is 69.7 Å². The van der Waals surface area contributed by atoms with Gasteiger partial charge in [0.25, 0.3) is 0 Å². The van der Waals surface area contributed by atoms with Gasteiger partial charge in [0, 0.05) is 27.1 Å². The van der Waals surface area contributed by atoms with E-state index < -0.39 is 217 Å². The molecule has 0 spiro atoms. The van der Waals surface area contributed by atoms with E-state index in [0.717, 1.165) is 9.13 Å². The molecular weight excluding hydrogens is 767 g/mol. The number of benzene rings is 9. The Kier molecular flexibility index (Phi) is 4.63. The number of aromatic nitrogens is 5. The Bertz CT molecular complexity index is 4650. The number of rotatable bonds is 8. The van der Waals surface area contributed by atoms with Gasteiger partial charge in [0.05, 0.1) is 60.4 Å². The first-order chi connectivity index (χ1) is 41.2. The van der Waals surface area contributed by atoms with Crippen LogP contribution >= 0.6 is 0 Å². The number of hydrogen-bond acceptors (Lipinski definition) is 3. The Labute approximate surface area is 398 Å². The summed E-state index contributed by atoms with van der Waals surface area (Å²) in [6.45, 7) is 0. The molecule has 0 amide bonds. The molecule has 12 rings (SSSR count). The highest BCUT2D eigenvalue weighted by Gasteiger charge is 2.39. The van der Waals surface area contributed by atoms with E-state index in [0.29, 0.717) is 16.7 Å². The van der Waals surface area contributed by atoms with Crippen LogP contribution in [0, 0.1) is 0 Å². The van der Waals surface area contributed by atoms with Crippen LogP contribution in [0.25, 0.3) is 78.0 Å². The van der Waals surface area contributed by atoms with Crippen molar-refractivity contribution in [3.63, 3.8) is 0 Å². The Morgan fingerprint density at radius 3 is 1.27 bits per heavy atom. The van der Waals surface area contributed by atoms with Crippen molar-refractivity contribution in [2.75, 3.05) is 0 Å². The van der Waals surface area contributed by atoms with Crippen LogP contribution in [0.4, 0.5) is 0 Å². The molecule has 0 radical (unpaired) electrons. The third-order valence-corrected chi connectivity index (χ3v) is 10.9. The van der Waals surface area contributed by atoms with E-state index in [1.54, 1.807) is 84.9 Å². The maximum absolute atomic E-state index is 9.98. The lowest BCUT2D eigenvalue weighted by molar-refractivity contribution is 0.745. The molecule has 3 heterocycles. The third kappa shape index (κ3) is 5.89. The van der Waals surface area contributed by atoms with E-state index in [-0.39, 0.29) is 16.7 Å². The molecular formula is C58H39N5. The summed E-state index contributed by atoms with van der Waals surface area (Å²) in [7, 11) is 0. The van der Waals surface area contributed by atoms with Crippen LogP contribution in [-0.2, 0) is 5.41 Å². The lowest BCUT2D eigenvalue weighted by Crippen LogP contribution is -2.31. The van der Waals surface area contributed by atoms with Gasteiger partial charge in [-0.25, -0.2) is 0 Å². The van der Waals surface area contributed by atoms with Crippen molar-refractivity contribution >= 4 is 43.6 Å². The van der Waals surface area contributed by atoms with Gasteiger partial charge in [-0.2, -0.15) is 15.0 Å². The van der Waals surface area contributed by atoms with Crippen LogP contribution in [0.3, 0.4) is 0 Å². The van der Waals surface area contributed by atoms with E-state index in [1.807, 2.05) is 0 Å². The molecule has 12 aromatic rings. The first-order valence-corrected chi connectivity index (χ1v) is 19.4. The summed E-state index contributed by atoms with van der Waals surface area (Å²) in [5.41, 5.74) is -3.07. The highest BCUT2D eigenvalue weighted by molar-refractivity contribution is 6.10. The topological polar surface area (TPSA) is 48.5 Å². The largest absolute Gasteiger partial charge is 0.278 e. The number of fused-ring (bicyclic) bond motifs is 6. The quantitative estimate of drug-likeness (QED) is 0.143. The van der Waals surface area contributed by atoms with Gasteiger partial charge in [0.1, 0.15) is 0 Å². The fourth-order valence-electron chi connectivity index (χ4n) is 8.27. The minimum atomic E-state index is -1.78. The molecule has 63 heavy (non-hydrogen) atoms. The van der Waals surface area contributed by atoms with Crippen molar-refractivity contribution in [3.05, 3.63) is 258 Å². The molecule has 5 heteroatoms. The molecule has 0 unspecified atom stereocenters. The van der Waals surface area contributed by atoms with Gasteiger partial charge in [0.2, 0.25) is 11.9 Å². The molecule has 0 aliphatic carbocycles. The highest BCUT2D eigenvalue weighted by atomic mass is 15.3. The molecule has 0 aliphatic rings. The lowest BCUT2D eigenvalue weighted by Gasteiger charge is -2.37. The fourth-order valence-corrected chi connectivity index (χ4v) is 8.27. The van der Waals surface area contributed by atoms with Gasteiger partial charge in [-0.1, -0.05) is 200 Å². The van der Waals surface area contributed by atoms with Gasteiger partial charge < -0.3 is 0 Å². The summed E-state index contributed by atoms with van der Waals surface area (Å²) in [5.74, 6) is -2.12. The predicted molar refractivity (Wildman–Crippen MR) is 258 cm³/mol. The molecule has 0 saturated carbocycles. The lowest BCUT2D eigenvalue weighted by atomic mass is 9.64. The van der Waals surface area contributed by atoms with E-state index in [2.05, 4.69) is 0 Å². The summed E-state index contributed by atoms with van der Waals surface area (Å²) in [4.78, 5) is 14.4. The van der Waals surface area contributed by atoms with Gasteiger partial charge in [0.15, 0.2) is 5.82 Å². The molecule has 296 valence electrons. The normalized spacial score (nSPS) is 17.1. The molecule has 0 saturated heterocycles. The Balaban J connectivity index is 1.30. The van der Waals surface area contributed by atoms with Gasteiger partial charge >= 0.3 is 0 Å². The van der Waals surface area contributed by atoms with Crippen LogP contribution in [0.15, 0.2) is 236 Å². The summed E-state index contributed by atoms with van der Waals surface area (Å²) >= 11 is 0. The maximum atomic E-state index is 9.98. The predicted octanol–water partition coefficient (Wildman–Crippen LogP) is 13.8. The van der Waals surface area contributed by atoms with Gasteiger partial charge in [-0.3, -0.25) is 9.13 Å². The fraction of sp³-hybridized carbons (Fsp3) is 0.0172. The van der Waals surface area contributed by atoms with Crippen LogP contribution < -0.4 is 0 Å². The molecule has 0 N–H and O–H groups in total. The number of para-hydroxylation sites is 4. The highest BCUT2D eigenvalue weighted by Crippen LogP contribution is 2.47. The van der Waals surface area contributed by atoms with Crippen molar-refractivity contribution in [2.45, 2.75) is 5.41 Å². The minimum Gasteiger partial charge on any atom is -0.278 e. The second-order valence-electron chi connectivity index (χ2n) is 14.2. The van der Waals surface area contributed by atoms with Crippen molar-refractivity contribution in [1.82, 2.24) is 24.1 Å². The zero-order valence-corrected chi connectivity index (χ0v) is 32.4. The minimum absolute atomic E-state index is 0.0576. The summed E-state index contributed by atoms with van der Waals surface area (Å²) in [6.07, 6.45) is 0. The first kappa shape index (κ1) is 19.5. The van der Waals surface area contributed by atoms with E-state index in [1.165, 1.54) is 6.07 Å². The SMILES string of the molecule is [2H]c1c(-c2nc(-n3c4c([2H])c([2H])c([2H])c([2H])c4c4c([2H])c([2H])c([2H])c([2H])c43)nc(-n3c4c([2H])c([2H])c([2H])c([2H])c4c4c([2H])c([2H])c([2H])c([2H])c43)n2)cc(C(c2ccccc2)(c2ccccc2)c2cccc(-c3c([2H])c([2H])c([2H])c([2H])c3[2H])c2)c([2H])c1[2H]. The van der Waals surface area contributed by atoms with E-state index in [4.69, 9.17) is 38.3 Å². The number of nitrogens with zero attached hydrogens (tertiary/aromatic N) is 5. The molecule has 0 fully saturated rings. The molecule has 0 aliphatic heterocycles.